The van der Waals surface area contributed by atoms with E-state index in [-0.39, 0.29) is 5.56 Å². The maximum atomic E-state index is 13.2. The maximum absolute atomic E-state index is 13.2. The summed E-state index contributed by atoms with van der Waals surface area (Å²) < 4.78 is 66.0. The third kappa shape index (κ3) is 5.24. The molecule has 116 valence electrons. The maximum Gasteiger partial charge on any atom is 0.471 e. The lowest BCUT2D eigenvalue weighted by atomic mass is 10.2. The minimum atomic E-state index is -5.29. The molecule has 0 radical (unpaired) electrons. The van der Waals surface area contributed by atoms with Gasteiger partial charge in [0.2, 0.25) is 0 Å². The molecule has 0 unspecified atom stereocenters. The predicted octanol–water partition coefficient (Wildman–Crippen LogP) is 2.03. The monoisotopic (exact) mass is 313 g/mol. The smallest absolute Gasteiger partial charge is 0.471 e. The van der Waals surface area contributed by atoms with Crippen LogP contribution in [0, 0.1) is 0 Å². The lowest BCUT2D eigenvalue weighted by Crippen LogP contribution is -2.45. The van der Waals surface area contributed by atoms with Crippen molar-refractivity contribution in [1.82, 2.24) is 5.32 Å². The number of hydrogen-bond acceptors (Lipinski definition) is 3. The summed E-state index contributed by atoms with van der Waals surface area (Å²) in [7, 11) is 0. The molecule has 0 aliphatic heterocycles. The highest BCUT2D eigenvalue weighted by Gasteiger charge is 2.41. The van der Waals surface area contributed by atoms with Gasteiger partial charge in [-0.3, -0.25) is 4.79 Å². The number of alkyl halides is 5. The third-order valence-corrected chi connectivity index (χ3v) is 2.06. The van der Waals surface area contributed by atoms with E-state index in [4.69, 9.17) is 5.11 Å². The number of ether oxygens (including phenoxy) is 1. The number of aromatic carboxylic acids is 1. The van der Waals surface area contributed by atoms with Crippen LogP contribution in [0.15, 0.2) is 24.3 Å². The number of carboxylic acid groups (broad SMARTS) is 1. The van der Waals surface area contributed by atoms with E-state index in [0.29, 0.717) is 0 Å². The zero-order chi connectivity index (χ0) is 16.3. The molecule has 0 heterocycles. The molecule has 0 aromatic heterocycles. The molecule has 0 saturated carbocycles. The SMILES string of the molecule is O=C(O)c1cccc(OC(F)(F)CNC(=O)C(F)(F)F)c1. The first-order chi connectivity index (χ1) is 9.51. The van der Waals surface area contributed by atoms with E-state index in [1.807, 2.05) is 0 Å². The van der Waals surface area contributed by atoms with Gasteiger partial charge in [-0.2, -0.15) is 22.0 Å². The molecule has 0 bridgehead atoms. The Hall–Kier alpha value is -2.39. The van der Waals surface area contributed by atoms with Gasteiger partial charge in [0.1, 0.15) is 12.3 Å². The number of benzene rings is 1. The fraction of sp³-hybridized carbons (Fsp3) is 0.273. The van der Waals surface area contributed by atoms with Crippen molar-refractivity contribution in [2.45, 2.75) is 12.3 Å². The Balaban J connectivity index is 2.70. The Labute approximate surface area is 114 Å². The Morgan fingerprint density at radius 1 is 1.19 bits per heavy atom. The first kappa shape index (κ1) is 16.7. The van der Waals surface area contributed by atoms with Crippen LogP contribution in [-0.2, 0) is 4.79 Å². The summed E-state index contributed by atoms with van der Waals surface area (Å²) in [6, 6.07) is 3.98. The number of nitrogens with one attached hydrogen (secondary N) is 1. The van der Waals surface area contributed by atoms with Crippen molar-refractivity contribution < 1.29 is 41.4 Å². The molecule has 0 atom stereocenters. The first-order valence-corrected chi connectivity index (χ1v) is 5.26. The molecule has 0 aliphatic rings. The quantitative estimate of drug-likeness (QED) is 0.816. The molecule has 0 aliphatic carbocycles. The Bertz CT molecular complexity index is 544. The van der Waals surface area contributed by atoms with Gasteiger partial charge in [0, 0.05) is 0 Å². The van der Waals surface area contributed by atoms with Crippen molar-refractivity contribution in [1.29, 1.82) is 0 Å². The number of carbonyl (C=O) groups is 2. The summed E-state index contributed by atoms with van der Waals surface area (Å²) in [5.41, 5.74) is -0.345. The summed E-state index contributed by atoms with van der Waals surface area (Å²) in [6.07, 6.45) is -9.43. The van der Waals surface area contributed by atoms with Crippen molar-refractivity contribution in [3.05, 3.63) is 29.8 Å². The second-order valence-electron chi connectivity index (χ2n) is 3.75. The molecule has 0 spiro atoms. The number of halogens is 5. The van der Waals surface area contributed by atoms with E-state index in [1.165, 1.54) is 0 Å². The molecular weight excluding hydrogens is 305 g/mol. The average Bonchev–Trinajstić information content (AvgIpc) is 2.34. The van der Waals surface area contributed by atoms with Crippen LogP contribution in [0.1, 0.15) is 10.4 Å². The standard InChI is InChI=1S/C11H8F5NO4/c12-10(13,5-17-9(20)11(14,15)16)21-7-3-1-2-6(4-7)8(18)19/h1-4H,5H2,(H,17,20)(H,18,19). The Morgan fingerprint density at radius 2 is 1.81 bits per heavy atom. The summed E-state index contributed by atoms with van der Waals surface area (Å²) in [4.78, 5) is 21.0. The van der Waals surface area contributed by atoms with Crippen LogP contribution in [0.5, 0.6) is 5.75 Å². The average molecular weight is 313 g/mol. The molecule has 0 saturated heterocycles. The molecule has 21 heavy (non-hydrogen) atoms. The zero-order valence-electron chi connectivity index (χ0n) is 10.1. The van der Waals surface area contributed by atoms with Crippen LogP contribution in [0.4, 0.5) is 22.0 Å². The van der Waals surface area contributed by atoms with Gasteiger partial charge in [-0.05, 0) is 18.2 Å². The number of amides is 1. The van der Waals surface area contributed by atoms with Crippen LogP contribution < -0.4 is 10.1 Å². The lowest BCUT2D eigenvalue weighted by molar-refractivity contribution is -0.188. The van der Waals surface area contributed by atoms with Crippen molar-refractivity contribution in [3.8, 4) is 5.75 Å². The van der Waals surface area contributed by atoms with Gasteiger partial charge in [0.05, 0.1) is 5.56 Å². The van der Waals surface area contributed by atoms with E-state index < -0.39 is 36.5 Å². The molecule has 5 nitrogen and oxygen atoms in total. The molecule has 0 fully saturated rings. The number of hydrogen-bond donors (Lipinski definition) is 2. The van der Waals surface area contributed by atoms with Gasteiger partial charge in [-0.1, -0.05) is 6.07 Å². The highest BCUT2D eigenvalue weighted by atomic mass is 19.4. The topological polar surface area (TPSA) is 75.6 Å². The normalized spacial score (nSPS) is 11.9. The molecule has 10 heteroatoms. The summed E-state index contributed by atoms with van der Waals surface area (Å²) in [6.45, 7) is -1.72. The fourth-order valence-corrected chi connectivity index (χ4v) is 1.18. The minimum absolute atomic E-state index is 0.345. The third-order valence-electron chi connectivity index (χ3n) is 2.06. The molecule has 1 aromatic rings. The van der Waals surface area contributed by atoms with E-state index >= 15 is 0 Å². The van der Waals surface area contributed by atoms with E-state index in [0.717, 1.165) is 29.6 Å². The summed E-state index contributed by atoms with van der Waals surface area (Å²) in [5.74, 6) is -4.50. The van der Waals surface area contributed by atoms with Crippen LogP contribution in [0.2, 0.25) is 0 Å². The Kier molecular flexibility index (Phi) is 4.71. The van der Waals surface area contributed by atoms with Crippen molar-refractivity contribution >= 4 is 11.9 Å². The molecule has 1 rings (SSSR count). The van der Waals surface area contributed by atoms with E-state index in [9.17, 15) is 31.5 Å². The summed E-state index contributed by atoms with van der Waals surface area (Å²) >= 11 is 0. The predicted molar refractivity (Wildman–Crippen MR) is 58.0 cm³/mol. The van der Waals surface area contributed by atoms with Crippen molar-refractivity contribution in [2.75, 3.05) is 6.54 Å². The van der Waals surface area contributed by atoms with Crippen molar-refractivity contribution in [2.24, 2.45) is 0 Å². The Morgan fingerprint density at radius 3 is 2.33 bits per heavy atom. The lowest BCUT2D eigenvalue weighted by Gasteiger charge is -2.19. The molecule has 1 aromatic carbocycles. The first-order valence-electron chi connectivity index (χ1n) is 5.26. The van der Waals surface area contributed by atoms with Gasteiger partial charge >= 0.3 is 24.2 Å². The molecular formula is C11H8F5NO4. The van der Waals surface area contributed by atoms with Gasteiger partial charge in [-0.25, -0.2) is 4.79 Å². The second kappa shape index (κ2) is 5.94. The largest absolute Gasteiger partial charge is 0.478 e. The van der Waals surface area contributed by atoms with Gasteiger partial charge < -0.3 is 15.2 Å². The minimum Gasteiger partial charge on any atom is -0.478 e. The van der Waals surface area contributed by atoms with Gasteiger partial charge in [0.25, 0.3) is 0 Å². The highest BCUT2D eigenvalue weighted by molar-refractivity contribution is 5.88. The van der Waals surface area contributed by atoms with Gasteiger partial charge in [0.15, 0.2) is 0 Å². The van der Waals surface area contributed by atoms with Crippen LogP contribution in [0.25, 0.3) is 0 Å². The second-order valence-corrected chi connectivity index (χ2v) is 3.75. The fourth-order valence-electron chi connectivity index (χ4n) is 1.18. The van der Waals surface area contributed by atoms with Crippen molar-refractivity contribution in [3.63, 3.8) is 0 Å². The van der Waals surface area contributed by atoms with Crippen LogP contribution >= 0.6 is 0 Å². The van der Waals surface area contributed by atoms with Gasteiger partial charge in [-0.15, -0.1) is 0 Å². The molecule has 2 N–H and O–H groups in total. The number of rotatable bonds is 5. The highest BCUT2D eigenvalue weighted by Crippen LogP contribution is 2.23. The number of carboxylic acids is 1. The van der Waals surface area contributed by atoms with Crippen LogP contribution in [-0.4, -0.2) is 35.8 Å². The number of carbonyl (C=O) groups excluding carboxylic acids is 1. The zero-order valence-corrected chi connectivity index (χ0v) is 10.1. The van der Waals surface area contributed by atoms with E-state index in [1.54, 1.807) is 0 Å². The molecule has 1 amide bonds. The van der Waals surface area contributed by atoms with E-state index in [2.05, 4.69) is 4.74 Å². The van der Waals surface area contributed by atoms with Crippen LogP contribution in [0.3, 0.4) is 0 Å². The summed E-state index contributed by atoms with van der Waals surface area (Å²) in [5, 5.41) is 9.61.